The molecule has 3 aromatic rings. The van der Waals surface area contributed by atoms with Crippen LogP contribution in [0.25, 0.3) is 0 Å². The Balaban J connectivity index is 1.26. The van der Waals surface area contributed by atoms with E-state index in [-0.39, 0.29) is 11.9 Å². The van der Waals surface area contributed by atoms with Crippen molar-refractivity contribution in [3.63, 3.8) is 0 Å². The maximum absolute atomic E-state index is 12.4. The van der Waals surface area contributed by atoms with Gasteiger partial charge in [0.05, 0.1) is 18.7 Å². The molecule has 0 N–H and O–H groups in total. The molecule has 1 aromatic heterocycles. The Morgan fingerprint density at radius 3 is 2.59 bits per heavy atom. The third-order valence-corrected chi connectivity index (χ3v) is 5.07. The Morgan fingerprint density at radius 1 is 1.11 bits per heavy atom. The summed E-state index contributed by atoms with van der Waals surface area (Å²) >= 11 is 3.41. The Bertz CT molecular complexity index is 905. The lowest BCUT2D eigenvalue weighted by molar-refractivity contribution is -0.136. The summed E-state index contributed by atoms with van der Waals surface area (Å²) in [6.45, 7) is 1.71. The van der Waals surface area contributed by atoms with Crippen molar-refractivity contribution in [2.75, 3.05) is 13.1 Å². The SMILES string of the molecule is O=C(Cc1ccc(Br)cc1)N1CC(n2cc(COc3ccccc3)nn2)C1. The number of benzene rings is 2. The molecular formula is C20H19BrN4O2. The topological polar surface area (TPSA) is 60.2 Å². The summed E-state index contributed by atoms with van der Waals surface area (Å²) in [6.07, 6.45) is 2.32. The van der Waals surface area contributed by atoms with Gasteiger partial charge in [-0.25, -0.2) is 4.68 Å². The third kappa shape index (κ3) is 4.36. The van der Waals surface area contributed by atoms with E-state index in [1.807, 2.05) is 70.4 Å². The van der Waals surface area contributed by atoms with Gasteiger partial charge >= 0.3 is 0 Å². The number of hydrogen-bond acceptors (Lipinski definition) is 4. The standard InChI is InChI=1S/C20H19BrN4O2/c21-16-8-6-15(7-9-16)10-20(26)24-12-18(13-24)25-11-17(22-23-25)14-27-19-4-2-1-3-5-19/h1-9,11,18H,10,12-14H2. The zero-order valence-electron chi connectivity index (χ0n) is 14.7. The van der Waals surface area contributed by atoms with E-state index in [0.29, 0.717) is 26.1 Å². The smallest absolute Gasteiger partial charge is 0.227 e. The Kier molecular flexibility index (Phi) is 5.20. The number of nitrogens with zero attached hydrogens (tertiary/aromatic N) is 4. The minimum Gasteiger partial charge on any atom is -0.487 e. The van der Waals surface area contributed by atoms with E-state index in [4.69, 9.17) is 4.74 Å². The quantitative estimate of drug-likeness (QED) is 0.606. The lowest BCUT2D eigenvalue weighted by Gasteiger charge is -2.39. The van der Waals surface area contributed by atoms with E-state index in [0.717, 1.165) is 21.5 Å². The van der Waals surface area contributed by atoms with Crippen LogP contribution in [0.1, 0.15) is 17.3 Å². The highest BCUT2D eigenvalue weighted by Crippen LogP contribution is 2.22. The fraction of sp³-hybridized carbons (Fsp3) is 0.250. The molecule has 2 aromatic carbocycles. The molecule has 2 heterocycles. The van der Waals surface area contributed by atoms with Crippen LogP contribution >= 0.6 is 15.9 Å². The first-order valence-electron chi connectivity index (χ1n) is 8.78. The van der Waals surface area contributed by atoms with Gasteiger partial charge in [0.25, 0.3) is 0 Å². The van der Waals surface area contributed by atoms with Crippen LogP contribution in [-0.4, -0.2) is 38.9 Å². The molecule has 0 saturated carbocycles. The van der Waals surface area contributed by atoms with Gasteiger partial charge in [0.15, 0.2) is 0 Å². The number of para-hydroxylation sites is 1. The van der Waals surface area contributed by atoms with E-state index < -0.39 is 0 Å². The Hall–Kier alpha value is -2.67. The number of likely N-dealkylation sites (tertiary alicyclic amines) is 1. The highest BCUT2D eigenvalue weighted by Gasteiger charge is 2.32. The molecule has 0 unspecified atom stereocenters. The van der Waals surface area contributed by atoms with Crippen molar-refractivity contribution in [1.82, 2.24) is 19.9 Å². The summed E-state index contributed by atoms with van der Waals surface area (Å²) in [6, 6.07) is 17.6. The van der Waals surface area contributed by atoms with E-state index in [9.17, 15) is 4.79 Å². The average molecular weight is 427 g/mol. The molecule has 6 nitrogen and oxygen atoms in total. The largest absolute Gasteiger partial charge is 0.487 e. The predicted octanol–water partition coefficient (Wildman–Crippen LogP) is 3.25. The van der Waals surface area contributed by atoms with Crippen molar-refractivity contribution in [3.05, 3.63) is 76.5 Å². The molecule has 1 aliphatic heterocycles. The first kappa shape index (κ1) is 17.7. The summed E-state index contributed by atoms with van der Waals surface area (Å²) < 4.78 is 8.53. The third-order valence-electron chi connectivity index (χ3n) is 4.55. The molecule has 1 amide bonds. The summed E-state index contributed by atoms with van der Waals surface area (Å²) in [5.74, 6) is 0.946. The van der Waals surface area contributed by atoms with Crippen molar-refractivity contribution < 1.29 is 9.53 Å². The van der Waals surface area contributed by atoms with Crippen LogP contribution in [0, 0.1) is 0 Å². The van der Waals surface area contributed by atoms with Gasteiger partial charge in [0, 0.05) is 17.6 Å². The van der Waals surface area contributed by atoms with Gasteiger partial charge in [-0.15, -0.1) is 5.10 Å². The highest BCUT2D eigenvalue weighted by atomic mass is 79.9. The van der Waals surface area contributed by atoms with Gasteiger partial charge in [-0.1, -0.05) is 51.5 Å². The van der Waals surface area contributed by atoms with Gasteiger partial charge < -0.3 is 9.64 Å². The van der Waals surface area contributed by atoms with Gasteiger partial charge in [-0.3, -0.25) is 4.79 Å². The molecule has 1 fully saturated rings. The van der Waals surface area contributed by atoms with Crippen LogP contribution in [0.2, 0.25) is 0 Å². The van der Waals surface area contributed by atoms with Gasteiger partial charge in [-0.2, -0.15) is 0 Å². The first-order chi connectivity index (χ1) is 13.2. The molecular weight excluding hydrogens is 408 g/mol. The number of carbonyl (C=O) groups is 1. The maximum Gasteiger partial charge on any atom is 0.227 e. The van der Waals surface area contributed by atoms with Crippen LogP contribution in [-0.2, 0) is 17.8 Å². The average Bonchev–Trinajstić information content (AvgIpc) is 3.10. The van der Waals surface area contributed by atoms with Crippen molar-refractivity contribution in [2.45, 2.75) is 19.1 Å². The summed E-state index contributed by atoms with van der Waals surface area (Å²) in [7, 11) is 0. The van der Waals surface area contributed by atoms with Crippen LogP contribution in [0.15, 0.2) is 65.3 Å². The van der Waals surface area contributed by atoms with Crippen molar-refractivity contribution in [1.29, 1.82) is 0 Å². The summed E-state index contributed by atoms with van der Waals surface area (Å²) in [5.41, 5.74) is 1.80. The molecule has 0 spiro atoms. The van der Waals surface area contributed by atoms with E-state index >= 15 is 0 Å². The molecule has 0 bridgehead atoms. The summed E-state index contributed by atoms with van der Waals surface area (Å²) in [5, 5.41) is 8.34. The van der Waals surface area contributed by atoms with Crippen molar-refractivity contribution >= 4 is 21.8 Å². The molecule has 1 aliphatic rings. The first-order valence-corrected chi connectivity index (χ1v) is 9.57. The molecule has 138 valence electrons. The second-order valence-electron chi connectivity index (χ2n) is 6.55. The number of halogens is 1. The molecule has 0 aliphatic carbocycles. The van der Waals surface area contributed by atoms with Crippen molar-refractivity contribution in [3.8, 4) is 5.75 Å². The molecule has 7 heteroatoms. The number of aromatic nitrogens is 3. The minimum atomic E-state index is 0.140. The lowest BCUT2D eigenvalue weighted by Crippen LogP contribution is -2.51. The second-order valence-corrected chi connectivity index (χ2v) is 7.46. The molecule has 1 saturated heterocycles. The zero-order chi connectivity index (χ0) is 18.6. The van der Waals surface area contributed by atoms with Gasteiger partial charge in [-0.05, 0) is 29.8 Å². The molecule has 4 rings (SSSR count). The van der Waals surface area contributed by atoms with Crippen LogP contribution < -0.4 is 4.74 Å². The maximum atomic E-state index is 12.4. The van der Waals surface area contributed by atoms with E-state index in [1.165, 1.54) is 0 Å². The Labute approximate surface area is 165 Å². The predicted molar refractivity (Wildman–Crippen MR) is 104 cm³/mol. The fourth-order valence-corrected chi connectivity index (χ4v) is 3.21. The highest BCUT2D eigenvalue weighted by molar-refractivity contribution is 9.10. The number of carbonyl (C=O) groups excluding carboxylic acids is 1. The normalized spacial score (nSPS) is 14.0. The van der Waals surface area contributed by atoms with E-state index in [1.54, 1.807) is 0 Å². The van der Waals surface area contributed by atoms with Crippen LogP contribution in [0.4, 0.5) is 0 Å². The van der Waals surface area contributed by atoms with Crippen LogP contribution in [0.5, 0.6) is 5.75 Å². The van der Waals surface area contributed by atoms with Crippen molar-refractivity contribution in [2.24, 2.45) is 0 Å². The number of ether oxygens (including phenoxy) is 1. The Morgan fingerprint density at radius 2 is 1.85 bits per heavy atom. The molecule has 0 atom stereocenters. The van der Waals surface area contributed by atoms with E-state index in [2.05, 4.69) is 26.2 Å². The van der Waals surface area contributed by atoms with Gasteiger partial charge in [0.2, 0.25) is 5.91 Å². The number of amides is 1. The monoisotopic (exact) mass is 426 g/mol. The number of hydrogen-bond donors (Lipinski definition) is 0. The minimum absolute atomic E-state index is 0.140. The fourth-order valence-electron chi connectivity index (χ4n) is 2.95. The van der Waals surface area contributed by atoms with Gasteiger partial charge in [0.1, 0.15) is 18.1 Å². The summed E-state index contributed by atoms with van der Waals surface area (Å²) in [4.78, 5) is 14.2. The van der Waals surface area contributed by atoms with Crippen LogP contribution in [0.3, 0.4) is 0 Å². The lowest BCUT2D eigenvalue weighted by atomic mass is 10.1. The number of rotatable bonds is 6. The zero-order valence-corrected chi connectivity index (χ0v) is 16.2. The second kappa shape index (κ2) is 7.92. The molecule has 27 heavy (non-hydrogen) atoms. The molecule has 0 radical (unpaired) electrons.